The molecule has 0 spiro atoms. The number of hydrogen-bond donors (Lipinski definition) is 1. The van der Waals surface area contributed by atoms with Crippen LogP contribution in [0, 0.1) is 11.8 Å². The molecule has 1 amide bonds. The molecule has 0 bridgehead atoms. The Morgan fingerprint density at radius 1 is 1.32 bits per heavy atom. The molecule has 0 saturated heterocycles. The maximum absolute atomic E-state index is 12.3. The number of carbonyl (C=O) groups excluding carboxylic acids is 1. The summed E-state index contributed by atoms with van der Waals surface area (Å²) in [7, 11) is 1.87. The molecule has 1 aromatic carbocycles. The normalized spacial score (nSPS) is 20.3. The number of para-hydroxylation sites is 2. The van der Waals surface area contributed by atoms with Crippen LogP contribution in [-0.2, 0) is 11.8 Å². The molecule has 1 fully saturated rings. The van der Waals surface area contributed by atoms with E-state index in [-0.39, 0.29) is 11.8 Å². The minimum Gasteiger partial charge on any atom is -0.295 e. The summed E-state index contributed by atoms with van der Waals surface area (Å²) in [5.74, 6) is 1.89. The molecule has 22 heavy (non-hydrogen) atoms. The maximum atomic E-state index is 12.3. The second-order valence-electron chi connectivity index (χ2n) is 5.92. The summed E-state index contributed by atoms with van der Waals surface area (Å²) in [6, 6.07) is 9.71. The molecular weight excluding hydrogens is 278 g/mol. The number of anilines is 1. The fourth-order valence-corrected chi connectivity index (χ4v) is 2.75. The lowest BCUT2D eigenvalue weighted by Gasteiger charge is -2.07. The zero-order valence-corrected chi connectivity index (χ0v) is 12.5. The molecule has 1 N–H and O–H groups in total. The number of aromatic nitrogens is 4. The van der Waals surface area contributed by atoms with Crippen LogP contribution in [0.25, 0.3) is 16.9 Å². The number of benzene rings is 1. The van der Waals surface area contributed by atoms with E-state index in [1.807, 2.05) is 48.1 Å². The molecule has 6 nitrogen and oxygen atoms in total. The van der Waals surface area contributed by atoms with Gasteiger partial charge in [-0.1, -0.05) is 19.1 Å². The standard InChI is InChI=1S/C16H17N5O/c1-10-9-11(10)15(22)18-16-17-12-5-3-4-6-13(12)21(16)14-7-8-20(2)19-14/h3-8,10-11H,9H2,1-2H3,(H,17,18,22). The van der Waals surface area contributed by atoms with Crippen molar-refractivity contribution in [1.29, 1.82) is 0 Å². The van der Waals surface area contributed by atoms with Gasteiger partial charge < -0.3 is 0 Å². The third-order valence-electron chi connectivity index (χ3n) is 4.17. The van der Waals surface area contributed by atoms with E-state index in [4.69, 9.17) is 0 Å². The Kier molecular flexibility index (Phi) is 2.79. The lowest BCUT2D eigenvalue weighted by atomic mass is 10.3. The van der Waals surface area contributed by atoms with E-state index in [1.54, 1.807) is 4.68 Å². The number of hydrogen-bond acceptors (Lipinski definition) is 3. The van der Waals surface area contributed by atoms with Gasteiger partial charge in [-0.2, -0.15) is 5.10 Å². The molecule has 2 heterocycles. The minimum absolute atomic E-state index is 0.0417. The Labute approximate surface area is 127 Å². The van der Waals surface area contributed by atoms with Crippen molar-refractivity contribution in [2.45, 2.75) is 13.3 Å². The van der Waals surface area contributed by atoms with Gasteiger partial charge in [-0.05, 0) is 24.5 Å². The van der Waals surface area contributed by atoms with E-state index in [9.17, 15) is 4.79 Å². The summed E-state index contributed by atoms with van der Waals surface area (Å²) >= 11 is 0. The fraction of sp³-hybridized carbons (Fsp3) is 0.312. The number of nitrogens with one attached hydrogen (secondary N) is 1. The number of amides is 1. The van der Waals surface area contributed by atoms with Gasteiger partial charge in [-0.3, -0.25) is 19.4 Å². The predicted octanol–water partition coefficient (Wildman–Crippen LogP) is 2.35. The highest BCUT2D eigenvalue weighted by Gasteiger charge is 2.39. The average molecular weight is 295 g/mol. The number of imidazole rings is 1. The summed E-state index contributed by atoms with van der Waals surface area (Å²) in [6.07, 6.45) is 2.83. The molecule has 1 saturated carbocycles. The molecular formula is C16H17N5O. The van der Waals surface area contributed by atoms with Crippen molar-refractivity contribution < 1.29 is 4.79 Å². The summed E-state index contributed by atoms with van der Waals surface area (Å²) < 4.78 is 3.62. The second-order valence-corrected chi connectivity index (χ2v) is 5.92. The zero-order valence-electron chi connectivity index (χ0n) is 12.5. The SMILES string of the molecule is CC1CC1C(=O)Nc1nc2ccccc2n1-c1ccn(C)n1. The molecule has 2 atom stereocenters. The Hall–Kier alpha value is -2.63. The van der Waals surface area contributed by atoms with Crippen LogP contribution in [-0.4, -0.2) is 25.2 Å². The summed E-state index contributed by atoms with van der Waals surface area (Å²) in [4.78, 5) is 16.8. The molecule has 1 aliphatic carbocycles. The van der Waals surface area contributed by atoms with Crippen LogP contribution in [0.2, 0.25) is 0 Å². The lowest BCUT2D eigenvalue weighted by molar-refractivity contribution is -0.117. The first kappa shape index (κ1) is 13.1. The highest BCUT2D eigenvalue weighted by Crippen LogP contribution is 2.38. The third-order valence-corrected chi connectivity index (χ3v) is 4.17. The first-order valence-corrected chi connectivity index (χ1v) is 7.42. The molecule has 4 rings (SSSR count). The van der Waals surface area contributed by atoms with Gasteiger partial charge >= 0.3 is 0 Å². The summed E-state index contributed by atoms with van der Waals surface area (Å²) in [5, 5.41) is 7.40. The van der Waals surface area contributed by atoms with Crippen LogP contribution in [0.3, 0.4) is 0 Å². The van der Waals surface area contributed by atoms with E-state index in [1.165, 1.54) is 0 Å². The van der Waals surface area contributed by atoms with Crippen LogP contribution in [0.4, 0.5) is 5.95 Å². The van der Waals surface area contributed by atoms with Gasteiger partial charge in [0.2, 0.25) is 11.9 Å². The Morgan fingerprint density at radius 2 is 2.09 bits per heavy atom. The molecule has 6 heteroatoms. The van der Waals surface area contributed by atoms with Crippen LogP contribution >= 0.6 is 0 Å². The maximum Gasteiger partial charge on any atom is 0.230 e. The lowest BCUT2D eigenvalue weighted by Crippen LogP contribution is -2.17. The Balaban J connectivity index is 1.81. The van der Waals surface area contributed by atoms with E-state index in [2.05, 4.69) is 22.3 Å². The second kappa shape index (κ2) is 4.69. The van der Waals surface area contributed by atoms with Gasteiger partial charge in [-0.25, -0.2) is 4.98 Å². The molecule has 0 aliphatic heterocycles. The van der Waals surface area contributed by atoms with E-state index < -0.39 is 0 Å². The van der Waals surface area contributed by atoms with E-state index in [0.29, 0.717) is 11.9 Å². The van der Waals surface area contributed by atoms with Gasteiger partial charge in [0.25, 0.3) is 0 Å². The Bertz CT molecular complexity index is 862. The molecule has 0 radical (unpaired) electrons. The van der Waals surface area contributed by atoms with Gasteiger partial charge in [0.05, 0.1) is 11.0 Å². The Morgan fingerprint density at radius 3 is 2.77 bits per heavy atom. The van der Waals surface area contributed by atoms with Gasteiger partial charge in [0.1, 0.15) is 0 Å². The van der Waals surface area contributed by atoms with Crippen LogP contribution in [0.1, 0.15) is 13.3 Å². The van der Waals surface area contributed by atoms with E-state index in [0.717, 1.165) is 23.3 Å². The fourth-order valence-electron chi connectivity index (χ4n) is 2.75. The predicted molar refractivity (Wildman–Crippen MR) is 83.7 cm³/mol. The molecule has 112 valence electrons. The van der Waals surface area contributed by atoms with Gasteiger partial charge in [0, 0.05) is 25.2 Å². The van der Waals surface area contributed by atoms with Crippen molar-refractivity contribution in [3.63, 3.8) is 0 Å². The monoisotopic (exact) mass is 295 g/mol. The molecule has 2 aromatic heterocycles. The minimum atomic E-state index is 0.0417. The third kappa shape index (κ3) is 2.07. The van der Waals surface area contributed by atoms with Crippen molar-refractivity contribution in [2.24, 2.45) is 18.9 Å². The summed E-state index contributed by atoms with van der Waals surface area (Å²) in [6.45, 7) is 2.09. The number of nitrogens with zero attached hydrogens (tertiary/aromatic N) is 4. The van der Waals surface area contributed by atoms with Crippen LogP contribution in [0.15, 0.2) is 36.5 Å². The zero-order chi connectivity index (χ0) is 15.3. The first-order valence-electron chi connectivity index (χ1n) is 7.42. The number of fused-ring (bicyclic) bond motifs is 1. The smallest absolute Gasteiger partial charge is 0.230 e. The molecule has 3 aromatic rings. The van der Waals surface area contributed by atoms with Gasteiger partial charge in [0.15, 0.2) is 5.82 Å². The molecule has 2 unspecified atom stereocenters. The topological polar surface area (TPSA) is 64.7 Å². The average Bonchev–Trinajstić information content (AvgIpc) is 2.92. The van der Waals surface area contributed by atoms with Gasteiger partial charge in [-0.15, -0.1) is 0 Å². The first-order chi connectivity index (χ1) is 10.6. The number of rotatable bonds is 3. The van der Waals surface area contributed by atoms with Crippen molar-refractivity contribution in [2.75, 3.05) is 5.32 Å². The number of carbonyl (C=O) groups is 1. The van der Waals surface area contributed by atoms with Crippen molar-refractivity contribution in [3.05, 3.63) is 36.5 Å². The number of aryl methyl sites for hydroxylation is 1. The highest BCUT2D eigenvalue weighted by atomic mass is 16.2. The van der Waals surface area contributed by atoms with Crippen LogP contribution in [0.5, 0.6) is 0 Å². The van der Waals surface area contributed by atoms with Crippen molar-refractivity contribution in [1.82, 2.24) is 19.3 Å². The highest BCUT2D eigenvalue weighted by molar-refractivity contribution is 5.95. The summed E-state index contributed by atoms with van der Waals surface area (Å²) in [5.41, 5.74) is 1.77. The van der Waals surface area contributed by atoms with Crippen molar-refractivity contribution in [3.8, 4) is 5.82 Å². The quantitative estimate of drug-likeness (QED) is 0.806. The van der Waals surface area contributed by atoms with E-state index >= 15 is 0 Å². The molecule has 1 aliphatic rings. The van der Waals surface area contributed by atoms with Crippen molar-refractivity contribution >= 4 is 22.9 Å². The van der Waals surface area contributed by atoms with Crippen LogP contribution < -0.4 is 5.32 Å². The largest absolute Gasteiger partial charge is 0.295 e.